The lowest BCUT2D eigenvalue weighted by Gasteiger charge is -2.47. The summed E-state index contributed by atoms with van der Waals surface area (Å²) < 4.78 is 16.4. The lowest BCUT2D eigenvalue weighted by molar-refractivity contribution is -0.142. The van der Waals surface area contributed by atoms with E-state index in [1.54, 1.807) is 24.3 Å². The van der Waals surface area contributed by atoms with Crippen molar-refractivity contribution in [1.29, 1.82) is 0 Å². The zero-order valence-electron chi connectivity index (χ0n) is 41.5. The molecule has 8 aliphatic rings. The van der Waals surface area contributed by atoms with Crippen LogP contribution in [0.1, 0.15) is 131 Å². The molecule has 0 radical (unpaired) electrons. The topological polar surface area (TPSA) is 134 Å². The van der Waals surface area contributed by atoms with Gasteiger partial charge in [0.15, 0.2) is 0 Å². The summed E-state index contributed by atoms with van der Waals surface area (Å²) in [4.78, 5) is 77.2. The first-order valence-corrected chi connectivity index (χ1v) is 28.0. The Hall–Kier alpha value is -4.56. The van der Waals surface area contributed by atoms with Crippen molar-refractivity contribution in [2.45, 2.75) is 132 Å². The van der Waals surface area contributed by atoms with Gasteiger partial charge in [-0.3, -0.25) is 34.6 Å². The van der Waals surface area contributed by atoms with E-state index in [9.17, 15) is 19.2 Å². The molecule has 12 nitrogen and oxygen atoms in total. The minimum atomic E-state index is -1.28. The molecule has 5 amide bonds. The van der Waals surface area contributed by atoms with Crippen molar-refractivity contribution in [3.05, 3.63) is 93.2 Å². The van der Waals surface area contributed by atoms with Gasteiger partial charge in [-0.15, -0.1) is 0 Å². The van der Waals surface area contributed by atoms with E-state index in [2.05, 4.69) is 42.8 Å². The summed E-state index contributed by atoms with van der Waals surface area (Å²) in [5.74, 6) is -0.401. The number of halogens is 3. The molecule has 11 rings (SSSR count). The number of hydrogen-bond donors (Lipinski definition) is 3. The second-order valence-electron chi connectivity index (χ2n) is 22.7. The quantitative estimate of drug-likeness (QED) is 0.181. The summed E-state index contributed by atoms with van der Waals surface area (Å²) >= 11 is 12.9. The van der Waals surface area contributed by atoms with Crippen LogP contribution in [0.5, 0.6) is 0 Å². The average molecular weight is 1020 g/mol. The first-order chi connectivity index (χ1) is 34.9. The smallest absolute Gasteiger partial charge is 0.240 e. The fourth-order valence-corrected chi connectivity index (χ4v) is 15.3. The van der Waals surface area contributed by atoms with Crippen molar-refractivity contribution in [2.24, 2.45) is 23.7 Å². The number of carbonyl (C=O) groups excluding carboxylic acids is 5. The molecule has 1 aliphatic carbocycles. The Labute approximate surface area is 433 Å². The van der Waals surface area contributed by atoms with Crippen LogP contribution in [0.15, 0.2) is 60.7 Å². The third-order valence-electron chi connectivity index (χ3n) is 18.8. The van der Waals surface area contributed by atoms with Gasteiger partial charge in [-0.05, 0) is 155 Å². The molecule has 7 heterocycles. The number of carbonyl (C=O) groups is 5. The number of anilines is 2. The van der Waals surface area contributed by atoms with E-state index in [1.165, 1.54) is 31.0 Å². The van der Waals surface area contributed by atoms with E-state index in [0.717, 1.165) is 108 Å². The van der Waals surface area contributed by atoms with Crippen LogP contribution in [-0.2, 0) is 29.4 Å². The third-order valence-corrected chi connectivity index (χ3v) is 19.3. The summed E-state index contributed by atoms with van der Waals surface area (Å²) in [5.41, 5.74) is 1.67. The largest absolute Gasteiger partial charge is 0.372 e. The molecule has 15 heteroatoms. The number of hydrogen-bond acceptors (Lipinski definition) is 8. The Bertz CT molecular complexity index is 2560. The Morgan fingerprint density at radius 3 is 2.08 bits per heavy atom. The summed E-state index contributed by atoms with van der Waals surface area (Å²) in [5, 5.41) is 9.84. The van der Waals surface area contributed by atoms with E-state index < -0.39 is 28.7 Å². The van der Waals surface area contributed by atoms with Crippen molar-refractivity contribution >= 4 is 64.1 Å². The molecule has 384 valence electrons. The highest BCUT2D eigenvalue weighted by atomic mass is 35.5. The molecular formula is C57H70Cl2FN7O5. The molecule has 0 aromatic heterocycles. The highest BCUT2D eigenvalue weighted by Gasteiger charge is 2.72. The highest BCUT2D eigenvalue weighted by molar-refractivity contribution is 6.31. The maximum atomic E-state index is 16.4. The summed E-state index contributed by atoms with van der Waals surface area (Å²) in [6.45, 7) is 7.95. The van der Waals surface area contributed by atoms with E-state index in [1.807, 2.05) is 23.1 Å². The van der Waals surface area contributed by atoms with Crippen LogP contribution >= 0.6 is 23.2 Å². The van der Waals surface area contributed by atoms with Gasteiger partial charge in [-0.2, -0.15) is 0 Å². The number of nitrogens with one attached hydrogen (secondary N) is 3. The standard InChI is InChI=1S/C57H70Cl2FN7O5/c58-41-10-12-45-47(34-41)61-55(72)57(45)49(44-8-5-9-46(59)50(44)60)51(63-56(57)22-2-1-3-23-56)54(71)67-30-20-39(21-31-67)53(70)66-28-16-37(17-29-66)32-36-14-24-64(25-15-36)35-38-18-26-65(27-19-38)42-7-4-6-40(33-42)43-11-13-48(68)62-52(43)69/h4-10,12,33-34,36-39,43,49,51,63H,1-3,11,13-32,35H2,(H,61,72)(H,62,68,69)/t43?,49?,51-,57-/m1/s1. The number of benzene rings is 3. The van der Waals surface area contributed by atoms with E-state index in [4.69, 9.17) is 23.2 Å². The molecule has 2 unspecified atom stereocenters. The first-order valence-electron chi connectivity index (χ1n) is 27.2. The van der Waals surface area contributed by atoms with Crippen LogP contribution in [0.3, 0.4) is 0 Å². The van der Waals surface area contributed by atoms with E-state index >= 15 is 9.18 Å². The van der Waals surface area contributed by atoms with E-state index in [0.29, 0.717) is 74.2 Å². The average Bonchev–Trinajstić information content (AvgIpc) is 3.85. The maximum absolute atomic E-state index is 16.4. The molecule has 2 spiro atoms. The van der Waals surface area contributed by atoms with Crippen LogP contribution in [0.25, 0.3) is 0 Å². The molecule has 72 heavy (non-hydrogen) atoms. The van der Waals surface area contributed by atoms with Gasteiger partial charge in [0.2, 0.25) is 29.5 Å². The van der Waals surface area contributed by atoms with Crippen LogP contribution in [-0.4, -0.2) is 115 Å². The zero-order chi connectivity index (χ0) is 49.7. The maximum Gasteiger partial charge on any atom is 0.240 e. The molecule has 6 saturated heterocycles. The van der Waals surface area contributed by atoms with Gasteiger partial charge < -0.3 is 24.9 Å². The van der Waals surface area contributed by atoms with Crippen LogP contribution in [0, 0.1) is 29.5 Å². The second kappa shape index (κ2) is 20.6. The monoisotopic (exact) mass is 1020 g/mol. The van der Waals surface area contributed by atoms with Gasteiger partial charge in [0.05, 0.1) is 17.0 Å². The molecule has 7 aliphatic heterocycles. The zero-order valence-corrected chi connectivity index (χ0v) is 43.0. The van der Waals surface area contributed by atoms with Crippen molar-refractivity contribution in [2.75, 3.05) is 69.1 Å². The molecular weight excluding hydrogens is 953 g/mol. The van der Waals surface area contributed by atoms with Crippen LogP contribution in [0.4, 0.5) is 15.8 Å². The fraction of sp³-hybridized carbons (Fsp3) is 0.596. The molecule has 4 atom stereocenters. The lowest BCUT2D eigenvalue weighted by atomic mass is 9.55. The van der Waals surface area contributed by atoms with Gasteiger partial charge in [-0.25, -0.2) is 4.39 Å². The minimum absolute atomic E-state index is 0.0484. The summed E-state index contributed by atoms with van der Waals surface area (Å²) in [6.07, 6.45) is 14.3. The minimum Gasteiger partial charge on any atom is -0.372 e. The predicted octanol–water partition coefficient (Wildman–Crippen LogP) is 8.80. The molecule has 3 aromatic carbocycles. The number of imide groups is 1. The number of likely N-dealkylation sites (tertiary alicyclic amines) is 3. The molecule has 3 aromatic rings. The molecule has 1 saturated carbocycles. The second-order valence-corrected chi connectivity index (χ2v) is 23.6. The summed E-state index contributed by atoms with van der Waals surface area (Å²) in [6, 6.07) is 17.7. The fourth-order valence-electron chi connectivity index (χ4n) is 15.0. The van der Waals surface area contributed by atoms with Crippen LogP contribution < -0.4 is 20.9 Å². The van der Waals surface area contributed by atoms with Gasteiger partial charge in [-0.1, -0.05) is 72.8 Å². The lowest BCUT2D eigenvalue weighted by Crippen LogP contribution is -2.60. The molecule has 3 N–H and O–H groups in total. The van der Waals surface area contributed by atoms with Crippen molar-refractivity contribution in [3.8, 4) is 0 Å². The highest BCUT2D eigenvalue weighted by Crippen LogP contribution is 2.63. The number of piperidine rings is 5. The van der Waals surface area contributed by atoms with Crippen molar-refractivity contribution in [3.63, 3.8) is 0 Å². The van der Waals surface area contributed by atoms with Gasteiger partial charge in [0.1, 0.15) is 11.2 Å². The molecule has 7 fully saturated rings. The van der Waals surface area contributed by atoms with Crippen molar-refractivity contribution in [1.82, 2.24) is 25.3 Å². The number of amides is 5. The van der Waals surface area contributed by atoms with Crippen LogP contribution in [0.2, 0.25) is 10.0 Å². The first kappa shape index (κ1) is 49.6. The predicted molar refractivity (Wildman–Crippen MR) is 278 cm³/mol. The number of rotatable bonds is 9. The van der Waals surface area contributed by atoms with E-state index in [-0.39, 0.29) is 52.0 Å². The number of fused-ring (bicyclic) bond motifs is 3. The Morgan fingerprint density at radius 2 is 1.36 bits per heavy atom. The summed E-state index contributed by atoms with van der Waals surface area (Å²) in [7, 11) is 0. The Morgan fingerprint density at radius 1 is 0.694 bits per heavy atom. The Balaban J connectivity index is 0.651. The SMILES string of the molecule is O=C1CCC(c2cccc(N3CCC(CN4CCC(CC5CCN(C(=O)C6CCN(C(=O)[C@@H]7NC8(CCCCC8)[C@@]8(C(=O)Nc9cc(Cl)ccc98)C7c7cccc(Cl)c7F)CC6)CC5)CC4)CC3)c2)C(=O)N1. The third kappa shape index (κ3) is 9.25. The number of nitrogens with zero attached hydrogens (tertiary/aromatic N) is 4. The Kier molecular flexibility index (Phi) is 14.2. The normalized spacial score (nSPS) is 27.9. The van der Waals surface area contributed by atoms with Gasteiger partial charge >= 0.3 is 0 Å². The van der Waals surface area contributed by atoms with Crippen molar-refractivity contribution < 1.29 is 28.4 Å². The van der Waals surface area contributed by atoms with Gasteiger partial charge in [0, 0.05) is 86.0 Å². The van der Waals surface area contributed by atoms with Gasteiger partial charge in [0.25, 0.3) is 0 Å². The molecule has 0 bridgehead atoms.